The second-order valence-electron chi connectivity index (χ2n) is 18.7. The second kappa shape index (κ2) is 19.4. The standard InChI is InChI=1S/C45H74N4O7/c1-6-47-37-24-32-12-8-7-11-31(32)23-36(37)38(15-10-20-50)55-43(54)45-42(53)40-33(21-28(2)3)13-9-14-35(40)41(52)44(45,56-45)25-34(26-51)29(4)16-17-30-18-19-48-39(22-30)49-27-46-5/h8,12,28,30-33,35-40,46-51H,6-7,9-11,13-27H2,1-5H3/t30?,31-,32-,33?,35?,36-,37+,38-,39?,40?,44-,45-/m0/s1. The summed E-state index contributed by atoms with van der Waals surface area (Å²) < 4.78 is 13.2. The van der Waals surface area contributed by atoms with Crippen LogP contribution in [0, 0.1) is 47.3 Å². The minimum Gasteiger partial charge on any atom is -0.459 e. The monoisotopic (exact) mass is 783 g/mol. The Kier molecular flexibility index (Phi) is 15.1. The van der Waals surface area contributed by atoms with Crippen LogP contribution >= 0.6 is 0 Å². The Hall–Kier alpha value is -1.99. The van der Waals surface area contributed by atoms with Crippen LogP contribution in [0.2, 0.25) is 0 Å². The molecule has 3 saturated carbocycles. The van der Waals surface area contributed by atoms with Gasteiger partial charge >= 0.3 is 5.97 Å². The van der Waals surface area contributed by atoms with Gasteiger partial charge in [0.15, 0.2) is 17.2 Å². The minimum absolute atomic E-state index is 0.000950. The van der Waals surface area contributed by atoms with Gasteiger partial charge < -0.3 is 35.6 Å². The molecule has 6 rings (SSSR count). The van der Waals surface area contributed by atoms with E-state index in [0.717, 1.165) is 96.0 Å². The molecule has 4 aliphatic carbocycles. The number of Topliss-reactive ketones (excluding diaryl/α,β-unsaturated/α-hetero) is 2. The average Bonchev–Trinajstić information content (AvgIpc) is 3.90. The molecule has 5 unspecified atom stereocenters. The summed E-state index contributed by atoms with van der Waals surface area (Å²) >= 11 is 0. The molecule has 0 spiro atoms. The SMILES string of the molecule is CCN[C@@H]1C[C@@H]2C=CCC[C@H]2C[C@@H]1[C@H](CCCO)OC(=O)[C@]12O[C@@]1(CC(CO)=C(C)CCC1CCNC(NCNC)C1)C(=O)C1CCCC(CC(C)C)C1C2=O. The second-order valence-corrected chi connectivity index (χ2v) is 18.7. The molecule has 11 nitrogen and oxygen atoms in total. The summed E-state index contributed by atoms with van der Waals surface area (Å²) in [5, 5.41) is 34.7. The maximum Gasteiger partial charge on any atom is 0.350 e. The fraction of sp³-hybridized carbons (Fsp3) is 0.844. The van der Waals surface area contributed by atoms with E-state index < -0.39 is 35.1 Å². The van der Waals surface area contributed by atoms with Crippen molar-refractivity contribution in [2.75, 3.05) is 40.0 Å². The van der Waals surface area contributed by atoms with Crippen LogP contribution in [0.3, 0.4) is 0 Å². The number of esters is 1. The third-order valence-electron chi connectivity index (χ3n) is 14.7. The summed E-state index contributed by atoms with van der Waals surface area (Å²) in [6.45, 7) is 10.6. The molecule has 11 heteroatoms. The first-order valence-corrected chi connectivity index (χ1v) is 22.4. The van der Waals surface area contributed by atoms with Gasteiger partial charge in [0.1, 0.15) is 6.10 Å². The fourth-order valence-electron chi connectivity index (χ4n) is 11.8. The topological polar surface area (TPSA) is 162 Å². The molecule has 0 aromatic carbocycles. The zero-order valence-corrected chi connectivity index (χ0v) is 35.1. The van der Waals surface area contributed by atoms with Gasteiger partial charge in [-0.1, -0.05) is 44.9 Å². The number of hydrogen-bond donors (Lipinski definition) is 6. The van der Waals surface area contributed by atoms with Crippen molar-refractivity contribution in [2.24, 2.45) is 47.3 Å². The fourth-order valence-corrected chi connectivity index (χ4v) is 11.8. The summed E-state index contributed by atoms with van der Waals surface area (Å²) in [6.07, 6.45) is 16.2. The average molecular weight is 783 g/mol. The van der Waals surface area contributed by atoms with E-state index in [1.165, 1.54) is 0 Å². The normalized spacial score (nSPS) is 37.7. The molecule has 12 atom stereocenters. The molecule has 2 saturated heterocycles. The van der Waals surface area contributed by atoms with Crippen LogP contribution in [-0.4, -0.2) is 97.3 Å². The number of nitrogens with one attached hydrogen (secondary N) is 4. The van der Waals surface area contributed by atoms with E-state index in [9.17, 15) is 10.2 Å². The lowest BCUT2D eigenvalue weighted by molar-refractivity contribution is -0.167. The van der Waals surface area contributed by atoms with Gasteiger partial charge in [-0.05, 0) is 146 Å². The number of carbonyl (C=O) groups is 3. The van der Waals surface area contributed by atoms with Crippen LogP contribution < -0.4 is 21.3 Å². The van der Waals surface area contributed by atoms with Gasteiger partial charge in [0, 0.05) is 43.5 Å². The lowest BCUT2D eigenvalue weighted by Gasteiger charge is -2.45. The summed E-state index contributed by atoms with van der Waals surface area (Å²) in [5.41, 5.74) is -2.02. The smallest absolute Gasteiger partial charge is 0.350 e. The van der Waals surface area contributed by atoms with E-state index in [2.05, 4.69) is 54.2 Å². The number of piperidine rings is 1. The van der Waals surface area contributed by atoms with E-state index in [1.807, 2.05) is 14.0 Å². The summed E-state index contributed by atoms with van der Waals surface area (Å²) in [6, 6.07) is 0.116. The Morgan fingerprint density at radius 1 is 1.09 bits per heavy atom. The molecule has 0 bridgehead atoms. The van der Waals surface area contributed by atoms with Crippen LogP contribution in [0.25, 0.3) is 0 Å². The van der Waals surface area contributed by atoms with Gasteiger partial charge in [0.05, 0.1) is 12.8 Å². The Morgan fingerprint density at radius 2 is 1.91 bits per heavy atom. The van der Waals surface area contributed by atoms with Gasteiger partial charge in [-0.15, -0.1) is 0 Å². The third-order valence-corrected chi connectivity index (χ3v) is 14.7. The summed E-state index contributed by atoms with van der Waals surface area (Å²) in [4.78, 5) is 45.2. The van der Waals surface area contributed by atoms with Gasteiger partial charge in [-0.3, -0.25) is 14.9 Å². The van der Waals surface area contributed by atoms with Crippen molar-refractivity contribution >= 4 is 17.5 Å². The van der Waals surface area contributed by atoms with Gasteiger partial charge in [0.25, 0.3) is 5.60 Å². The highest BCUT2D eigenvalue weighted by Crippen LogP contribution is 2.63. The van der Waals surface area contributed by atoms with E-state index in [0.29, 0.717) is 48.5 Å². The molecule has 6 aliphatic rings. The molecule has 0 radical (unpaired) electrons. The zero-order chi connectivity index (χ0) is 40.0. The van der Waals surface area contributed by atoms with Crippen LogP contribution in [0.1, 0.15) is 124 Å². The summed E-state index contributed by atoms with van der Waals surface area (Å²) in [5.74, 6) is -0.442. The Morgan fingerprint density at radius 3 is 2.64 bits per heavy atom. The molecule has 0 aromatic heterocycles. The quantitative estimate of drug-likeness (QED) is 0.0346. The number of hydrogen-bond acceptors (Lipinski definition) is 11. The first kappa shape index (κ1) is 43.6. The van der Waals surface area contributed by atoms with Crippen LogP contribution in [0.15, 0.2) is 23.3 Å². The zero-order valence-electron chi connectivity index (χ0n) is 35.1. The molecule has 56 heavy (non-hydrogen) atoms. The van der Waals surface area contributed by atoms with Crippen LogP contribution in [0.4, 0.5) is 0 Å². The Labute approximate surface area is 336 Å². The number of ketones is 2. The highest BCUT2D eigenvalue weighted by molar-refractivity contribution is 6.23. The number of rotatable bonds is 19. The molecule has 5 fully saturated rings. The first-order chi connectivity index (χ1) is 27.0. The highest BCUT2D eigenvalue weighted by Gasteiger charge is 2.87. The lowest BCUT2D eigenvalue weighted by atomic mass is 9.56. The van der Waals surface area contributed by atoms with E-state index in [-0.39, 0.29) is 55.2 Å². The van der Waals surface area contributed by atoms with Crippen molar-refractivity contribution in [1.29, 1.82) is 0 Å². The van der Waals surface area contributed by atoms with Gasteiger partial charge in [-0.2, -0.15) is 0 Å². The van der Waals surface area contributed by atoms with Crippen molar-refractivity contribution in [3.63, 3.8) is 0 Å². The molecule has 316 valence electrons. The Balaban J connectivity index is 1.29. The molecular formula is C45H74N4O7. The number of allylic oxidation sites excluding steroid dienone is 3. The van der Waals surface area contributed by atoms with Gasteiger partial charge in [-0.25, -0.2) is 4.79 Å². The van der Waals surface area contributed by atoms with E-state index >= 15 is 14.4 Å². The maximum atomic E-state index is 15.2. The van der Waals surface area contributed by atoms with Crippen molar-refractivity contribution in [1.82, 2.24) is 21.3 Å². The van der Waals surface area contributed by atoms with Crippen molar-refractivity contribution in [2.45, 2.75) is 154 Å². The predicted molar refractivity (Wildman–Crippen MR) is 217 cm³/mol. The van der Waals surface area contributed by atoms with Crippen LogP contribution in [0.5, 0.6) is 0 Å². The number of ether oxygens (including phenoxy) is 2. The van der Waals surface area contributed by atoms with E-state index in [4.69, 9.17) is 9.47 Å². The number of carbonyl (C=O) groups excluding carboxylic acids is 3. The largest absolute Gasteiger partial charge is 0.459 e. The molecule has 2 aliphatic heterocycles. The minimum atomic E-state index is -2.02. The molecular weight excluding hydrogens is 709 g/mol. The lowest BCUT2D eigenvalue weighted by Crippen LogP contribution is -2.61. The maximum absolute atomic E-state index is 15.2. The van der Waals surface area contributed by atoms with Crippen molar-refractivity contribution in [3.05, 3.63) is 23.3 Å². The summed E-state index contributed by atoms with van der Waals surface area (Å²) in [7, 11) is 1.92. The van der Waals surface area contributed by atoms with Gasteiger partial charge in [0.2, 0.25) is 0 Å². The Bertz CT molecular complexity index is 1430. The number of aliphatic hydroxyl groups is 2. The number of aliphatic hydroxyl groups excluding tert-OH is 2. The number of fused-ring (bicyclic) bond motifs is 3. The molecule has 0 aromatic rings. The molecule has 2 heterocycles. The van der Waals surface area contributed by atoms with Crippen LogP contribution in [-0.2, 0) is 23.9 Å². The first-order valence-electron chi connectivity index (χ1n) is 22.4. The number of epoxide rings is 1. The van der Waals surface area contributed by atoms with Crippen molar-refractivity contribution in [3.8, 4) is 0 Å². The van der Waals surface area contributed by atoms with Crippen molar-refractivity contribution < 1.29 is 34.1 Å². The molecule has 6 N–H and O–H groups in total. The highest BCUT2D eigenvalue weighted by atomic mass is 16.7. The van der Waals surface area contributed by atoms with E-state index in [1.54, 1.807) is 0 Å². The molecule has 0 amide bonds. The third kappa shape index (κ3) is 8.94. The predicted octanol–water partition coefficient (Wildman–Crippen LogP) is 4.95.